The molecule has 0 aliphatic heterocycles. The third kappa shape index (κ3) is 10.9. The Hall–Kier alpha value is -2.24. The molecule has 0 fully saturated rings. The first-order chi connectivity index (χ1) is 16.5. The van der Waals surface area contributed by atoms with Gasteiger partial charge in [0, 0.05) is 15.4 Å². The van der Waals surface area contributed by atoms with Crippen LogP contribution in [0.3, 0.4) is 0 Å². The molecule has 35 heavy (non-hydrogen) atoms. The maximum atomic E-state index is 13.0. The number of hydrogen-bond donors (Lipinski definition) is 1. The van der Waals surface area contributed by atoms with Crippen molar-refractivity contribution in [3.8, 4) is 0 Å². The molecular formula is C24H24Br2F4O5. The summed E-state index contributed by atoms with van der Waals surface area (Å²) in [5.41, 5.74) is 0.673. The number of rotatable bonds is 9. The molecule has 1 unspecified atom stereocenters. The molecule has 0 aliphatic rings. The summed E-state index contributed by atoms with van der Waals surface area (Å²) in [4.78, 5) is 22.1. The standard InChI is InChI=1S/C12H13BrF2O3.C12H11BrF2O2/c1-2-18-12(17)4-3-11(16)7-5-9(14)10(15)6-8(7)13;1-2-17-12(16)5-3-4-8-6-10(14)11(15)7-9(8)13/h5-6,11,16H,2-4H2,1H3;3-4,6-7H,2,5H2,1H3/b;4-3-. The van der Waals surface area contributed by atoms with Crippen molar-refractivity contribution in [3.63, 3.8) is 0 Å². The van der Waals surface area contributed by atoms with Crippen molar-refractivity contribution in [2.75, 3.05) is 13.2 Å². The van der Waals surface area contributed by atoms with Gasteiger partial charge in [0.1, 0.15) is 0 Å². The topological polar surface area (TPSA) is 72.8 Å². The van der Waals surface area contributed by atoms with E-state index in [2.05, 4.69) is 31.9 Å². The highest BCUT2D eigenvalue weighted by Gasteiger charge is 2.17. The largest absolute Gasteiger partial charge is 0.466 e. The van der Waals surface area contributed by atoms with Crippen LogP contribution in [0.5, 0.6) is 0 Å². The first-order valence-corrected chi connectivity index (χ1v) is 12.0. The molecular weight excluding hydrogens is 604 g/mol. The quantitative estimate of drug-likeness (QED) is 0.188. The fourth-order valence-corrected chi connectivity index (χ4v) is 3.63. The molecule has 5 nitrogen and oxygen atoms in total. The van der Waals surface area contributed by atoms with Crippen molar-refractivity contribution >= 4 is 49.9 Å². The second kappa shape index (κ2) is 15.7. The molecule has 0 bridgehead atoms. The molecule has 0 aliphatic carbocycles. The molecule has 0 amide bonds. The number of hydrogen-bond acceptors (Lipinski definition) is 5. The van der Waals surface area contributed by atoms with Crippen molar-refractivity contribution in [2.24, 2.45) is 0 Å². The maximum Gasteiger partial charge on any atom is 0.309 e. The fraction of sp³-hybridized carbons (Fsp3) is 0.333. The maximum absolute atomic E-state index is 13.0. The van der Waals surface area contributed by atoms with Crippen LogP contribution >= 0.6 is 31.9 Å². The van der Waals surface area contributed by atoms with E-state index in [-0.39, 0.29) is 41.9 Å². The monoisotopic (exact) mass is 626 g/mol. The van der Waals surface area contributed by atoms with Crippen LogP contribution in [0.15, 0.2) is 39.3 Å². The zero-order chi connectivity index (χ0) is 26.5. The van der Waals surface area contributed by atoms with Crippen molar-refractivity contribution in [3.05, 3.63) is 73.7 Å². The lowest BCUT2D eigenvalue weighted by Crippen LogP contribution is -2.08. The Morgan fingerprint density at radius 3 is 2.00 bits per heavy atom. The van der Waals surface area contributed by atoms with Crippen LogP contribution in [0.4, 0.5) is 17.6 Å². The van der Waals surface area contributed by atoms with Gasteiger partial charge in [-0.15, -0.1) is 0 Å². The average molecular weight is 628 g/mol. The third-order valence-electron chi connectivity index (χ3n) is 4.25. The molecule has 0 radical (unpaired) electrons. The van der Waals surface area contributed by atoms with Gasteiger partial charge >= 0.3 is 11.9 Å². The van der Waals surface area contributed by atoms with Gasteiger partial charge < -0.3 is 14.6 Å². The van der Waals surface area contributed by atoms with E-state index in [0.29, 0.717) is 16.6 Å². The summed E-state index contributed by atoms with van der Waals surface area (Å²) >= 11 is 6.14. The highest BCUT2D eigenvalue weighted by atomic mass is 79.9. The van der Waals surface area contributed by atoms with E-state index in [1.165, 1.54) is 12.2 Å². The van der Waals surface area contributed by atoms with Crippen LogP contribution in [0.2, 0.25) is 0 Å². The third-order valence-corrected chi connectivity index (χ3v) is 5.63. The predicted molar refractivity (Wildman–Crippen MR) is 129 cm³/mol. The number of ether oxygens (including phenoxy) is 2. The lowest BCUT2D eigenvalue weighted by atomic mass is 10.0. The number of halogens is 6. The van der Waals surface area contributed by atoms with Crippen LogP contribution in [-0.4, -0.2) is 30.3 Å². The number of benzene rings is 2. The molecule has 2 rings (SSSR count). The number of esters is 2. The van der Waals surface area contributed by atoms with Gasteiger partial charge in [0.05, 0.1) is 25.7 Å². The van der Waals surface area contributed by atoms with Gasteiger partial charge in [-0.05, 0) is 55.7 Å². The van der Waals surface area contributed by atoms with Crippen LogP contribution < -0.4 is 0 Å². The second-order valence-corrected chi connectivity index (χ2v) is 8.56. The van der Waals surface area contributed by atoms with Gasteiger partial charge in [-0.2, -0.15) is 0 Å². The Balaban J connectivity index is 0.000000351. The van der Waals surface area contributed by atoms with E-state index < -0.39 is 35.3 Å². The van der Waals surface area contributed by atoms with Crippen molar-refractivity contribution in [1.82, 2.24) is 0 Å². The minimum atomic E-state index is -1.06. The van der Waals surface area contributed by atoms with Crippen LogP contribution in [0, 0.1) is 23.3 Å². The molecule has 0 saturated heterocycles. The molecule has 0 spiro atoms. The molecule has 0 aromatic heterocycles. The van der Waals surface area contributed by atoms with E-state index in [9.17, 15) is 32.3 Å². The normalized spacial score (nSPS) is 11.6. The average Bonchev–Trinajstić information content (AvgIpc) is 2.79. The van der Waals surface area contributed by atoms with E-state index in [4.69, 9.17) is 9.47 Å². The van der Waals surface area contributed by atoms with E-state index in [0.717, 1.165) is 24.3 Å². The highest BCUT2D eigenvalue weighted by molar-refractivity contribution is 9.10. The van der Waals surface area contributed by atoms with Crippen molar-refractivity contribution in [2.45, 2.75) is 39.2 Å². The van der Waals surface area contributed by atoms with E-state index >= 15 is 0 Å². The van der Waals surface area contributed by atoms with Gasteiger partial charge in [0.15, 0.2) is 23.3 Å². The Morgan fingerprint density at radius 2 is 1.40 bits per heavy atom. The molecule has 0 heterocycles. The lowest BCUT2D eigenvalue weighted by Gasteiger charge is -2.12. The van der Waals surface area contributed by atoms with Crippen LogP contribution in [-0.2, 0) is 19.1 Å². The summed E-state index contributed by atoms with van der Waals surface area (Å²) in [6.45, 7) is 3.99. The van der Waals surface area contributed by atoms with E-state index in [1.54, 1.807) is 13.8 Å². The summed E-state index contributed by atoms with van der Waals surface area (Å²) in [5.74, 6) is -4.67. The minimum absolute atomic E-state index is 0.0143. The summed E-state index contributed by atoms with van der Waals surface area (Å²) in [6, 6.07) is 3.95. The van der Waals surface area contributed by atoms with Gasteiger partial charge in [-0.1, -0.05) is 44.0 Å². The molecule has 1 atom stereocenters. The lowest BCUT2D eigenvalue weighted by molar-refractivity contribution is -0.144. The number of aliphatic hydroxyl groups excluding tert-OH is 1. The number of carbonyl (C=O) groups is 2. The second-order valence-electron chi connectivity index (χ2n) is 6.85. The molecule has 11 heteroatoms. The Kier molecular flexibility index (Phi) is 13.8. The summed E-state index contributed by atoms with van der Waals surface area (Å²) in [7, 11) is 0. The minimum Gasteiger partial charge on any atom is -0.466 e. The molecule has 192 valence electrons. The zero-order valence-corrected chi connectivity index (χ0v) is 22.1. The zero-order valence-electron chi connectivity index (χ0n) is 18.9. The fourth-order valence-electron chi connectivity index (χ4n) is 2.60. The van der Waals surface area contributed by atoms with Gasteiger partial charge in [-0.3, -0.25) is 9.59 Å². The first-order valence-electron chi connectivity index (χ1n) is 10.4. The van der Waals surface area contributed by atoms with Gasteiger partial charge in [0.25, 0.3) is 0 Å². The summed E-state index contributed by atoms with van der Waals surface area (Å²) < 4.78 is 61.8. The SMILES string of the molecule is CCOC(=O)C/C=C\c1cc(F)c(F)cc1Br.CCOC(=O)CCC(O)c1cc(F)c(F)cc1Br. The molecule has 0 saturated carbocycles. The smallest absolute Gasteiger partial charge is 0.309 e. The Labute approximate surface area is 217 Å². The van der Waals surface area contributed by atoms with Gasteiger partial charge in [-0.25, -0.2) is 17.6 Å². The van der Waals surface area contributed by atoms with Crippen LogP contribution in [0.25, 0.3) is 6.08 Å². The van der Waals surface area contributed by atoms with Crippen molar-refractivity contribution < 1.29 is 41.7 Å². The molecule has 2 aromatic carbocycles. The highest BCUT2D eigenvalue weighted by Crippen LogP contribution is 2.29. The summed E-state index contributed by atoms with van der Waals surface area (Å²) in [5, 5.41) is 9.81. The first kappa shape index (κ1) is 30.8. The van der Waals surface area contributed by atoms with Crippen molar-refractivity contribution in [1.29, 1.82) is 0 Å². The van der Waals surface area contributed by atoms with E-state index in [1.807, 2.05) is 0 Å². The summed E-state index contributed by atoms with van der Waals surface area (Å²) in [6.07, 6.45) is 2.21. The predicted octanol–water partition coefficient (Wildman–Crippen LogP) is 6.80. The van der Waals surface area contributed by atoms with Gasteiger partial charge in [0.2, 0.25) is 0 Å². The van der Waals surface area contributed by atoms with Crippen LogP contribution in [0.1, 0.15) is 50.3 Å². The Bertz CT molecular complexity index is 1050. The number of carbonyl (C=O) groups excluding carboxylic acids is 2. The Morgan fingerprint density at radius 1 is 0.886 bits per heavy atom. The molecule has 2 aromatic rings. The number of aliphatic hydroxyl groups is 1. The molecule has 1 N–H and O–H groups in total.